The second-order valence-electron chi connectivity index (χ2n) is 7.57. The van der Waals surface area contributed by atoms with Crippen LogP contribution in [0.15, 0.2) is 52.6 Å². The number of aromatic nitrogens is 1. The molecule has 8 nitrogen and oxygen atoms in total. The van der Waals surface area contributed by atoms with Gasteiger partial charge in [-0.1, -0.05) is 47.2 Å². The van der Waals surface area contributed by atoms with Gasteiger partial charge in [0.15, 0.2) is 6.29 Å². The summed E-state index contributed by atoms with van der Waals surface area (Å²) in [6.07, 6.45) is -5.96. The SMILES string of the molecule is COC1[C@@H](Sc2cnc(C(F)(F)F)c(C)c2)OC2COC(c3ccccc3)O[C@@H]2[C@@H]1N=[N+]=[N-]. The number of azide groups is 1. The van der Waals surface area contributed by atoms with Gasteiger partial charge >= 0.3 is 6.18 Å². The lowest BCUT2D eigenvalue weighted by molar-refractivity contribution is -0.298. The number of ether oxygens (including phenoxy) is 4. The molecule has 0 N–H and O–H groups in total. The predicted octanol–water partition coefficient (Wildman–Crippen LogP) is 5.03. The van der Waals surface area contributed by atoms with Crippen molar-refractivity contribution in [1.29, 1.82) is 0 Å². The molecule has 2 saturated heterocycles. The lowest BCUT2D eigenvalue weighted by Gasteiger charge is -2.47. The van der Waals surface area contributed by atoms with Crippen LogP contribution in [0.4, 0.5) is 13.2 Å². The fraction of sp³-hybridized carbons (Fsp3) is 0.476. The van der Waals surface area contributed by atoms with E-state index in [0.717, 1.165) is 23.5 Å². The van der Waals surface area contributed by atoms with Crippen LogP contribution in [-0.2, 0) is 25.1 Å². The molecule has 2 fully saturated rings. The van der Waals surface area contributed by atoms with Crippen molar-refractivity contribution in [3.8, 4) is 0 Å². The maximum Gasteiger partial charge on any atom is 0.433 e. The molecule has 0 saturated carbocycles. The first-order chi connectivity index (χ1) is 15.8. The molecule has 0 aliphatic carbocycles. The zero-order valence-corrected chi connectivity index (χ0v) is 18.5. The maximum atomic E-state index is 13.0. The summed E-state index contributed by atoms with van der Waals surface area (Å²) in [7, 11) is 1.45. The Morgan fingerprint density at radius 2 is 2.00 bits per heavy atom. The van der Waals surface area contributed by atoms with Crippen LogP contribution in [0.1, 0.15) is 23.1 Å². The van der Waals surface area contributed by atoms with Crippen LogP contribution in [0.5, 0.6) is 0 Å². The number of aryl methyl sites for hydroxylation is 1. The highest BCUT2D eigenvalue weighted by Gasteiger charge is 2.50. The minimum absolute atomic E-state index is 0.00298. The van der Waals surface area contributed by atoms with E-state index >= 15 is 0 Å². The Morgan fingerprint density at radius 1 is 1.24 bits per heavy atom. The highest BCUT2D eigenvalue weighted by molar-refractivity contribution is 7.99. The van der Waals surface area contributed by atoms with E-state index in [9.17, 15) is 18.7 Å². The Bertz CT molecular complexity index is 1020. The average Bonchev–Trinajstić information content (AvgIpc) is 2.79. The molecule has 3 unspecified atom stereocenters. The molecular weight excluding hydrogens is 461 g/mol. The first-order valence-corrected chi connectivity index (χ1v) is 10.9. The summed E-state index contributed by atoms with van der Waals surface area (Å²) >= 11 is 1.14. The number of nitrogens with zero attached hydrogens (tertiary/aromatic N) is 4. The van der Waals surface area contributed by atoms with E-state index < -0.39 is 47.9 Å². The number of pyridine rings is 1. The molecule has 176 valence electrons. The van der Waals surface area contributed by atoms with Crippen molar-refractivity contribution in [3.05, 3.63) is 69.9 Å². The molecule has 2 aliphatic rings. The van der Waals surface area contributed by atoms with Gasteiger partial charge in [0.1, 0.15) is 29.4 Å². The zero-order valence-electron chi connectivity index (χ0n) is 17.7. The minimum atomic E-state index is -4.53. The Hall–Kier alpha value is -2.34. The van der Waals surface area contributed by atoms with Gasteiger partial charge in [-0.05, 0) is 24.1 Å². The number of hydrogen-bond donors (Lipinski definition) is 0. The molecular formula is C21H21F3N4O4S. The quantitative estimate of drug-likeness (QED) is 0.337. The number of thioether (sulfide) groups is 1. The van der Waals surface area contributed by atoms with Crippen LogP contribution in [0.2, 0.25) is 0 Å². The molecule has 2 aliphatic heterocycles. The van der Waals surface area contributed by atoms with Crippen LogP contribution in [-0.4, -0.2) is 48.5 Å². The molecule has 0 bridgehead atoms. The van der Waals surface area contributed by atoms with Gasteiger partial charge in [-0.25, -0.2) is 0 Å². The second-order valence-corrected chi connectivity index (χ2v) is 8.74. The molecule has 33 heavy (non-hydrogen) atoms. The van der Waals surface area contributed by atoms with Crippen molar-refractivity contribution >= 4 is 11.8 Å². The summed E-state index contributed by atoms with van der Waals surface area (Å²) in [5.41, 5.74) is 8.36. The van der Waals surface area contributed by atoms with E-state index in [-0.39, 0.29) is 12.2 Å². The van der Waals surface area contributed by atoms with Crippen molar-refractivity contribution < 1.29 is 32.1 Å². The van der Waals surface area contributed by atoms with E-state index in [2.05, 4.69) is 15.0 Å². The van der Waals surface area contributed by atoms with E-state index in [1.54, 1.807) is 0 Å². The first kappa shape index (κ1) is 23.8. The second kappa shape index (κ2) is 9.88. The van der Waals surface area contributed by atoms with Crippen LogP contribution < -0.4 is 0 Å². The monoisotopic (exact) mass is 482 g/mol. The Balaban J connectivity index is 1.56. The van der Waals surface area contributed by atoms with Crippen molar-refractivity contribution in [3.63, 3.8) is 0 Å². The molecule has 12 heteroatoms. The van der Waals surface area contributed by atoms with Gasteiger partial charge in [-0.2, -0.15) is 13.2 Å². The van der Waals surface area contributed by atoms with Gasteiger partial charge in [0.05, 0.1) is 12.6 Å². The molecule has 0 amide bonds. The lowest BCUT2D eigenvalue weighted by Crippen LogP contribution is -2.60. The molecule has 1 aromatic carbocycles. The number of methoxy groups -OCH3 is 1. The Morgan fingerprint density at radius 3 is 2.64 bits per heavy atom. The predicted molar refractivity (Wildman–Crippen MR) is 112 cm³/mol. The third kappa shape index (κ3) is 5.11. The fourth-order valence-electron chi connectivity index (χ4n) is 3.93. The number of hydrogen-bond acceptors (Lipinski definition) is 7. The topological polar surface area (TPSA) is 98.6 Å². The smallest absolute Gasteiger partial charge is 0.377 e. The Kier molecular flexibility index (Phi) is 7.13. The van der Waals surface area contributed by atoms with Gasteiger partial charge in [-0.3, -0.25) is 4.98 Å². The van der Waals surface area contributed by atoms with Gasteiger partial charge < -0.3 is 18.9 Å². The summed E-state index contributed by atoms with van der Waals surface area (Å²) in [5.74, 6) is 0. The zero-order chi connectivity index (χ0) is 23.6. The third-order valence-corrected chi connectivity index (χ3v) is 6.52. The van der Waals surface area contributed by atoms with E-state index in [4.69, 9.17) is 18.9 Å². The summed E-state index contributed by atoms with van der Waals surface area (Å²) < 4.78 is 62.8. The van der Waals surface area contributed by atoms with Gasteiger partial charge in [-0.15, -0.1) is 0 Å². The van der Waals surface area contributed by atoms with Crippen LogP contribution >= 0.6 is 11.8 Å². The van der Waals surface area contributed by atoms with Crippen molar-refractivity contribution in [1.82, 2.24) is 4.98 Å². The van der Waals surface area contributed by atoms with Crippen LogP contribution in [0.3, 0.4) is 0 Å². The molecule has 2 aromatic rings. The molecule has 6 atom stereocenters. The number of alkyl halides is 3. The van der Waals surface area contributed by atoms with Gasteiger partial charge in [0.25, 0.3) is 0 Å². The summed E-state index contributed by atoms with van der Waals surface area (Å²) in [6, 6.07) is 9.98. The molecule has 4 rings (SSSR count). The number of fused-ring (bicyclic) bond motifs is 1. The minimum Gasteiger partial charge on any atom is -0.377 e. The maximum absolute atomic E-state index is 13.0. The van der Waals surface area contributed by atoms with Crippen molar-refractivity contribution in [2.45, 2.75) is 54.1 Å². The highest BCUT2D eigenvalue weighted by atomic mass is 32.2. The molecule has 1 aromatic heterocycles. The summed E-state index contributed by atoms with van der Waals surface area (Å²) in [4.78, 5) is 7.00. The fourth-order valence-corrected chi connectivity index (χ4v) is 5.16. The summed E-state index contributed by atoms with van der Waals surface area (Å²) in [6.45, 7) is 1.53. The number of halogens is 3. The number of rotatable bonds is 5. The molecule has 0 spiro atoms. The third-order valence-electron chi connectivity index (χ3n) is 5.41. The Labute approximate surface area is 192 Å². The van der Waals surface area contributed by atoms with E-state index in [1.807, 2.05) is 30.3 Å². The number of benzene rings is 1. The largest absolute Gasteiger partial charge is 0.433 e. The van der Waals surface area contributed by atoms with Crippen LogP contribution in [0.25, 0.3) is 10.4 Å². The van der Waals surface area contributed by atoms with Gasteiger partial charge in [0, 0.05) is 28.7 Å². The average molecular weight is 482 g/mol. The van der Waals surface area contributed by atoms with Crippen LogP contribution in [0, 0.1) is 6.92 Å². The first-order valence-electron chi connectivity index (χ1n) is 10.1. The van der Waals surface area contributed by atoms with E-state index in [1.165, 1.54) is 20.1 Å². The van der Waals surface area contributed by atoms with E-state index in [0.29, 0.717) is 4.90 Å². The van der Waals surface area contributed by atoms with Crippen molar-refractivity contribution in [2.24, 2.45) is 5.11 Å². The van der Waals surface area contributed by atoms with Gasteiger partial charge in [0.2, 0.25) is 0 Å². The molecule has 3 heterocycles. The standard InChI is InChI=1S/C21H21F3N4O4S/c1-11-8-13(9-26-18(11)21(22,23)24)33-20-17(29-2)15(27-28-25)16-14(31-20)10-30-19(32-16)12-6-4-3-5-7-12/h3-9,14-17,19-20H,10H2,1-2H3/t14?,15-,16-,17?,19?,20+/m0/s1. The normalized spacial score (nSPS) is 29.7. The van der Waals surface area contributed by atoms with Crippen molar-refractivity contribution in [2.75, 3.05) is 13.7 Å². The highest BCUT2D eigenvalue weighted by Crippen LogP contribution is 2.41. The summed E-state index contributed by atoms with van der Waals surface area (Å²) in [5, 5.41) is 3.92. The molecule has 0 radical (unpaired) electrons. The lowest BCUT2D eigenvalue weighted by atomic mass is 9.96.